The Morgan fingerprint density at radius 3 is 1.69 bits per heavy atom. The number of piperidine rings is 1. The van der Waals surface area contributed by atoms with Crippen LogP contribution in [0.1, 0.15) is 43.2 Å². The Morgan fingerprint density at radius 1 is 0.686 bits per heavy atom. The molecule has 0 amide bonds. The molecule has 0 aliphatic carbocycles. The Morgan fingerprint density at radius 2 is 1.17 bits per heavy atom. The first-order valence-electron chi connectivity index (χ1n) is 13.2. The Hall–Kier alpha value is -2.72. The van der Waals surface area contributed by atoms with Gasteiger partial charge in [-0.3, -0.25) is 4.90 Å². The highest BCUT2D eigenvalue weighted by molar-refractivity contribution is 5.86. The highest BCUT2D eigenvalue weighted by Gasteiger charge is 2.31. The van der Waals surface area contributed by atoms with Crippen molar-refractivity contribution in [2.24, 2.45) is 0 Å². The van der Waals surface area contributed by atoms with E-state index < -0.39 is 6.10 Å². The van der Waals surface area contributed by atoms with Crippen LogP contribution in [0, 0.1) is 0 Å². The fourth-order valence-electron chi connectivity index (χ4n) is 6.10. The lowest BCUT2D eigenvalue weighted by atomic mass is 9.87. The quantitative estimate of drug-likeness (QED) is 0.311. The first kappa shape index (κ1) is 24.0. The molecule has 35 heavy (non-hydrogen) atoms. The van der Waals surface area contributed by atoms with Gasteiger partial charge < -0.3 is 10.2 Å². The Balaban J connectivity index is 1.32. The Kier molecular flexibility index (Phi) is 7.78. The van der Waals surface area contributed by atoms with E-state index in [2.05, 4.69) is 89.8 Å². The van der Waals surface area contributed by atoms with Crippen LogP contribution in [0.4, 0.5) is 0 Å². The maximum Gasteiger partial charge on any atom is 0.0897 e. The van der Waals surface area contributed by atoms with Crippen molar-refractivity contribution in [1.82, 2.24) is 4.90 Å². The fourth-order valence-corrected chi connectivity index (χ4v) is 6.10. The number of fused-ring (bicyclic) bond motifs is 2. The van der Waals surface area contributed by atoms with Crippen LogP contribution < -0.4 is 0 Å². The van der Waals surface area contributed by atoms with Crippen molar-refractivity contribution in [2.75, 3.05) is 13.2 Å². The van der Waals surface area contributed by atoms with E-state index in [9.17, 15) is 10.2 Å². The summed E-state index contributed by atoms with van der Waals surface area (Å²) in [4.78, 5) is 2.53. The molecule has 1 fully saturated rings. The van der Waals surface area contributed by atoms with Crippen LogP contribution in [0.2, 0.25) is 0 Å². The fraction of sp³-hybridized carbons (Fsp3) is 0.375. The molecular weight excluding hydrogens is 430 g/mol. The van der Waals surface area contributed by atoms with Crippen LogP contribution in [0.5, 0.6) is 0 Å². The minimum Gasteiger partial charge on any atom is -0.394 e. The molecule has 0 saturated carbocycles. The molecule has 0 spiro atoms. The zero-order valence-electron chi connectivity index (χ0n) is 20.5. The molecule has 4 aromatic rings. The summed E-state index contributed by atoms with van der Waals surface area (Å²) in [5.41, 5.74) is 2.81. The summed E-state index contributed by atoms with van der Waals surface area (Å²) in [5.74, 6) is 0. The molecule has 0 unspecified atom stereocenters. The van der Waals surface area contributed by atoms with Gasteiger partial charge in [0, 0.05) is 18.6 Å². The minimum absolute atomic E-state index is 0.178. The van der Waals surface area contributed by atoms with Gasteiger partial charge in [-0.2, -0.15) is 0 Å². The van der Waals surface area contributed by atoms with E-state index in [0.717, 1.165) is 38.5 Å². The van der Waals surface area contributed by atoms with Gasteiger partial charge in [-0.05, 0) is 71.2 Å². The molecule has 1 aliphatic heterocycles. The number of aryl methyl sites for hydroxylation is 2. The zero-order valence-corrected chi connectivity index (χ0v) is 20.5. The van der Waals surface area contributed by atoms with Crippen molar-refractivity contribution in [3.05, 3.63) is 96.1 Å². The molecule has 3 atom stereocenters. The summed E-state index contributed by atoms with van der Waals surface area (Å²) in [6.45, 7) is 0.374. The third-order valence-corrected chi connectivity index (χ3v) is 7.90. The van der Waals surface area contributed by atoms with E-state index >= 15 is 0 Å². The molecule has 182 valence electrons. The van der Waals surface area contributed by atoms with Crippen LogP contribution in [-0.2, 0) is 12.8 Å². The first-order valence-corrected chi connectivity index (χ1v) is 13.2. The van der Waals surface area contributed by atoms with E-state index in [1.165, 1.54) is 39.1 Å². The molecule has 1 aliphatic rings. The Labute approximate surface area is 209 Å². The molecule has 4 aromatic carbocycles. The molecule has 5 rings (SSSR count). The van der Waals surface area contributed by atoms with Crippen molar-refractivity contribution < 1.29 is 10.2 Å². The van der Waals surface area contributed by atoms with Crippen molar-refractivity contribution in [3.8, 4) is 0 Å². The number of benzene rings is 4. The Bertz CT molecular complexity index is 1150. The second-order valence-electron chi connectivity index (χ2n) is 10.1. The van der Waals surface area contributed by atoms with Gasteiger partial charge in [-0.15, -0.1) is 0 Å². The van der Waals surface area contributed by atoms with Gasteiger partial charge in [0.1, 0.15) is 0 Å². The van der Waals surface area contributed by atoms with Gasteiger partial charge in [-0.25, -0.2) is 0 Å². The minimum atomic E-state index is -0.687. The molecule has 3 nitrogen and oxygen atoms in total. The van der Waals surface area contributed by atoms with Crippen molar-refractivity contribution in [3.63, 3.8) is 0 Å². The van der Waals surface area contributed by atoms with Crippen LogP contribution in [0.3, 0.4) is 0 Å². The second-order valence-corrected chi connectivity index (χ2v) is 10.1. The summed E-state index contributed by atoms with van der Waals surface area (Å²) in [7, 11) is 0. The van der Waals surface area contributed by atoms with Gasteiger partial charge in [0.05, 0.1) is 12.7 Å². The average Bonchev–Trinajstić information content (AvgIpc) is 2.91. The summed E-state index contributed by atoms with van der Waals surface area (Å²) in [6, 6.07) is 31.4. The van der Waals surface area contributed by atoms with E-state index in [0.29, 0.717) is 18.6 Å². The number of aliphatic hydroxyl groups is 2. The highest BCUT2D eigenvalue weighted by Crippen LogP contribution is 2.31. The van der Waals surface area contributed by atoms with Gasteiger partial charge in [0.15, 0.2) is 0 Å². The summed E-state index contributed by atoms with van der Waals surface area (Å²) < 4.78 is 0. The number of nitrogens with zero attached hydrogens (tertiary/aromatic N) is 1. The largest absolute Gasteiger partial charge is 0.394 e. The number of hydrogen-bond donors (Lipinski definition) is 2. The third kappa shape index (κ3) is 5.59. The number of β-amino-alcohol motifs (C(OH)–C–C–N with tert-alkyl or cyclic N) is 1. The second kappa shape index (κ2) is 11.3. The van der Waals surface area contributed by atoms with Gasteiger partial charge in [0.25, 0.3) is 0 Å². The van der Waals surface area contributed by atoms with Gasteiger partial charge >= 0.3 is 0 Å². The predicted molar refractivity (Wildman–Crippen MR) is 146 cm³/mol. The van der Waals surface area contributed by atoms with Crippen molar-refractivity contribution >= 4 is 21.5 Å². The van der Waals surface area contributed by atoms with E-state index in [1.54, 1.807) is 0 Å². The highest BCUT2D eigenvalue weighted by atomic mass is 16.3. The van der Waals surface area contributed by atoms with Crippen molar-refractivity contribution in [2.45, 2.75) is 63.1 Å². The molecule has 3 heteroatoms. The van der Waals surface area contributed by atoms with Crippen LogP contribution in [0.25, 0.3) is 21.5 Å². The third-order valence-electron chi connectivity index (χ3n) is 7.90. The first-order chi connectivity index (χ1) is 17.2. The smallest absolute Gasteiger partial charge is 0.0897 e. The lowest BCUT2D eigenvalue weighted by molar-refractivity contribution is 0.00218. The summed E-state index contributed by atoms with van der Waals surface area (Å²) in [5, 5.41) is 25.3. The van der Waals surface area contributed by atoms with Gasteiger partial charge in [-0.1, -0.05) is 91.3 Å². The van der Waals surface area contributed by atoms with E-state index in [4.69, 9.17) is 0 Å². The molecule has 2 N–H and O–H groups in total. The number of aliphatic hydroxyl groups excluding tert-OH is 2. The van der Waals surface area contributed by atoms with E-state index in [1.807, 2.05) is 0 Å². The van der Waals surface area contributed by atoms with Crippen LogP contribution in [-0.4, -0.2) is 46.5 Å². The van der Waals surface area contributed by atoms with E-state index in [-0.39, 0.29) is 6.61 Å². The summed E-state index contributed by atoms with van der Waals surface area (Å²) in [6.07, 6.45) is 7.09. The molecule has 1 heterocycles. The normalized spacial score (nSPS) is 19.8. The maximum atomic E-state index is 10.4. The average molecular weight is 468 g/mol. The standard InChI is InChI=1S/C32H37NO2/c34-23-30(35)22-33-28(20-18-26-12-5-10-24-8-1-3-16-31(24)26)14-7-15-29(33)21-19-27-13-6-11-25-9-2-4-17-32(25)27/h1-6,8-13,16-17,28-30,34-35H,7,14-15,18-23H2/t28-,29+,30-/m0/s1. The van der Waals surface area contributed by atoms with Crippen molar-refractivity contribution in [1.29, 1.82) is 0 Å². The predicted octanol–water partition coefficient (Wildman–Crippen LogP) is 6.13. The molecule has 0 bridgehead atoms. The topological polar surface area (TPSA) is 43.7 Å². The molecule has 0 aromatic heterocycles. The lowest BCUT2D eigenvalue weighted by Gasteiger charge is -2.43. The molecule has 0 radical (unpaired) electrons. The monoisotopic (exact) mass is 467 g/mol. The molecule has 1 saturated heterocycles. The number of rotatable bonds is 9. The summed E-state index contributed by atoms with van der Waals surface area (Å²) >= 11 is 0. The molecular formula is C32H37NO2. The maximum absolute atomic E-state index is 10.4. The SMILES string of the molecule is OC[C@@H](O)CN1[C@@H](CCc2cccc3ccccc23)CCC[C@H]1CCc1cccc2ccccc12. The zero-order chi connectivity index (χ0) is 24.0. The lowest BCUT2D eigenvalue weighted by Crippen LogP contribution is -2.50. The van der Waals surface area contributed by atoms with Crippen LogP contribution >= 0.6 is 0 Å². The number of hydrogen-bond acceptors (Lipinski definition) is 3. The van der Waals surface area contributed by atoms with Crippen LogP contribution in [0.15, 0.2) is 84.9 Å². The number of likely N-dealkylation sites (tertiary alicyclic amines) is 1. The van der Waals surface area contributed by atoms with Gasteiger partial charge in [0.2, 0.25) is 0 Å².